The van der Waals surface area contributed by atoms with Gasteiger partial charge in [-0.1, -0.05) is 22.0 Å². The molecule has 86 valence electrons. The summed E-state index contributed by atoms with van der Waals surface area (Å²) in [5.74, 6) is -1.48. The lowest BCUT2D eigenvalue weighted by molar-refractivity contribution is 0.0693. The van der Waals surface area contributed by atoms with Crippen LogP contribution in [0, 0.1) is 0 Å². The van der Waals surface area contributed by atoms with Gasteiger partial charge in [0.15, 0.2) is 0 Å². The lowest BCUT2D eigenvalue weighted by atomic mass is 10.0. The second-order valence-electron chi connectivity index (χ2n) is 3.29. The first kappa shape index (κ1) is 12.7. The number of carboxylic acid groups (broad SMARTS) is 1. The van der Waals surface area contributed by atoms with Crippen molar-refractivity contribution in [2.24, 2.45) is 5.73 Å². The third-order valence-corrected chi connectivity index (χ3v) is 2.88. The topological polar surface area (TPSA) is 83.6 Å². The van der Waals surface area contributed by atoms with E-state index in [0.29, 0.717) is 16.5 Å². The summed E-state index contributed by atoms with van der Waals surface area (Å²) in [6, 6.07) is 2.40. The highest BCUT2D eigenvalue weighted by molar-refractivity contribution is 9.10. The van der Waals surface area contributed by atoms with Gasteiger partial charge in [0.05, 0.1) is 0 Å². The fourth-order valence-electron chi connectivity index (χ4n) is 1.41. The molecule has 0 bridgehead atoms. The molecule has 1 aromatic rings. The Morgan fingerprint density at radius 2 is 2.25 bits per heavy atom. The van der Waals surface area contributed by atoms with E-state index in [1.807, 2.05) is 0 Å². The Bertz CT molecular complexity index is 431. The number of aromatic carboxylic acids is 1. The van der Waals surface area contributed by atoms with Gasteiger partial charge < -0.3 is 15.9 Å². The van der Waals surface area contributed by atoms with E-state index in [4.69, 9.17) is 10.8 Å². The third-order valence-electron chi connectivity index (χ3n) is 2.19. The van der Waals surface area contributed by atoms with Crippen molar-refractivity contribution < 1.29 is 15.0 Å². The highest BCUT2D eigenvalue weighted by Gasteiger charge is 2.19. The van der Waals surface area contributed by atoms with Gasteiger partial charge in [-0.15, -0.1) is 6.58 Å². The number of aromatic hydroxyl groups is 1. The van der Waals surface area contributed by atoms with Crippen LogP contribution in [0.4, 0.5) is 0 Å². The Morgan fingerprint density at radius 3 is 2.75 bits per heavy atom. The van der Waals surface area contributed by atoms with Gasteiger partial charge in [0, 0.05) is 16.1 Å². The van der Waals surface area contributed by atoms with E-state index in [9.17, 15) is 9.90 Å². The van der Waals surface area contributed by atoms with Crippen molar-refractivity contribution in [3.8, 4) is 5.75 Å². The molecule has 0 aliphatic carbocycles. The summed E-state index contributed by atoms with van der Waals surface area (Å²) in [5.41, 5.74) is 6.06. The molecule has 16 heavy (non-hydrogen) atoms. The van der Waals surface area contributed by atoms with Crippen molar-refractivity contribution >= 4 is 21.9 Å². The molecule has 1 atom stereocenters. The van der Waals surface area contributed by atoms with Crippen LogP contribution in [0.15, 0.2) is 29.3 Å². The number of phenols is 1. The lowest BCUT2D eigenvalue weighted by Crippen LogP contribution is -2.12. The van der Waals surface area contributed by atoms with Crippen molar-refractivity contribution in [1.29, 1.82) is 0 Å². The van der Waals surface area contributed by atoms with Crippen LogP contribution in [-0.2, 0) is 0 Å². The van der Waals surface area contributed by atoms with Crippen LogP contribution in [0.2, 0.25) is 0 Å². The Morgan fingerprint density at radius 1 is 1.62 bits per heavy atom. The number of nitrogens with two attached hydrogens (primary N) is 1. The Labute approximate surface area is 102 Å². The summed E-state index contributed by atoms with van der Waals surface area (Å²) in [5, 5.41) is 18.7. The molecule has 0 heterocycles. The molecular weight excluding hydrogens is 274 g/mol. The molecule has 0 saturated heterocycles. The predicted molar refractivity (Wildman–Crippen MR) is 64.5 cm³/mol. The molecule has 0 aromatic heterocycles. The maximum Gasteiger partial charge on any atom is 0.339 e. The number of hydrogen-bond donors (Lipinski definition) is 3. The Kier molecular flexibility index (Phi) is 4.09. The zero-order valence-electron chi connectivity index (χ0n) is 8.48. The van der Waals surface area contributed by atoms with Gasteiger partial charge in [-0.3, -0.25) is 0 Å². The largest absolute Gasteiger partial charge is 0.507 e. The highest BCUT2D eigenvalue weighted by atomic mass is 79.9. The molecule has 5 heteroatoms. The SMILES string of the molecule is C=CC[C@H](N)c1c(Br)ccc(C(=O)O)c1O. The van der Waals surface area contributed by atoms with E-state index in [0.717, 1.165) is 0 Å². The first-order valence-corrected chi connectivity index (χ1v) is 5.39. The van der Waals surface area contributed by atoms with Crippen molar-refractivity contribution in [2.45, 2.75) is 12.5 Å². The quantitative estimate of drug-likeness (QED) is 0.742. The van der Waals surface area contributed by atoms with E-state index in [-0.39, 0.29) is 11.3 Å². The molecular formula is C11H12BrNO3. The average molecular weight is 286 g/mol. The normalized spacial score (nSPS) is 12.1. The fraction of sp³-hybridized carbons (Fsp3) is 0.182. The summed E-state index contributed by atoms with van der Waals surface area (Å²) >= 11 is 3.23. The van der Waals surface area contributed by atoms with Crippen LogP contribution in [-0.4, -0.2) is 16.2 Å². The van der Waals surface area contributed by atoms with Crippen molar-refractivity contribution in [3.05, 3.63) is 40.4 Å². The zero-order chi connectivity index (χ0) is 12.3. The smallest absolute Gasteiger partial charge is 0.339 e. The van der Waals surface area contributed by atoms with Crippen LogP contribution >= 0.6 is 15.9 Å². The summed E-state index contributed by atoms with van der Waals surface area (Å²) in [6.07, 6.45) is 2.07. The number of carboxylic acids is 1. The minimum absolute atomic E-state index is 0.155. The van der Waals surface area contributed by atoms with E-state index in [2.05, 4.69) is 22.5 Å². The Hall–Kier alpha value is -1.33. The molecule has 0 fully saturated rings. The van der Waals surface area contributed by atoms with Crippen molar-refractivity contribution in [1.82, 2.24) is 0 Å². The van der Waals surface area contributed by atoms with Crippen LogP contribution in [0.25, 0.3) is 0 Å². The second kappa shape index (κ2) is 5.14. The second-order valence-corrected chi connectivity index (χ2v) is 4.15. The van der Waals surface area contributed by atoms with Crippen LogP contribution in [0.5, 0.6) is 5.75 Å². The number of benzene rings is 1. The van der Waals surface area contributed by atoms with Gasteiger partial charge in [-0.05, 0) is 18.6 Å². The van der Waals surface area contributed by atoms with Gasteiger partial charge in [0.25, 0.3) is 0 Å². The molecule has 0 radical (unpaired) electrons. The standard InChI is InChI=1S/C11H12BrNO3/c1-2-3-8(13)9-7(12)5-4-6(10(9)14)11(15)16/h2,4-5,8,14H,1,3,13H2,(H,15,16)/t8-/m0/s1. The molecule has 4 nitrogen and oxygen atoms in total. The summed E-state index contributed by atoms with van der Waals surface area (Å²) in [4.78, 5) is 10.8. The van der Waals surface area contributed by atoms with Crippen LogP contribution in [0.1, 0.15) is 28.4 Å². The molecule has 0 saturated carbocycles. The van der Waals surface area contributed by atoms with Crippen LogP contribution in [0.3, 0.4) is 0 Å². The molecule has 0 unspecified atom stereocenters. The van der Waals surface area contributed by atoms with Crippen molar-refractivity contribution in [3.63, 3.8) is 0 Å². The van der Waals surface area contributed by atoms with Crippen LogP contribution < -0.4 is 5.73 Å². The zero-order valence-corrected chi connectivity index (χ0v) is 10.1. The summed E-state index contributed by atoms with van der Waals surface area (Å²) in [6.45, 7) is 3.55. The van der Waals surface area contributed by atoms with E-state index in [1.165, 1.54) is 6.07 Å². The molecule has 0 amide bonds. The van der Waals surface area contributed by atoms with E-state index < -0.39 is 12.0 Å². The minimum atomic E-state index is -1.18. The number of hydrogen-bond acceptors (Lipinski definition) is 3. The summed E-state index contributed by atoms with van der Waals surface area (Å²) < 4.78 is 0.587. The van der Waals surface area contributed by atoms with Gasteiger partial charge >= 0.3 is 5.97 Å². The summed E-state index contributed by atoms with van der Waals surface area (Å²) in [7, 11) is 0. The van der Waals surface area contributed by atoms with E-state index in [1.54, 1.807) is 12.1 Å². The first-order chi connectivity index (χ1) is 7.49. The minimum Gasteiger partial charge on any atom is -0.507 e. The first-order valence-electron chi connectivity index (χ1n) is 4.60. The molecule has 0 aliphatic heterocycles. The third kappa shape index (κ3) is 2.43. The molecule has 0 spiro atoms. The average Bonchev–Trinajstić information content (AvgIpc) is 2.17. The predicted octanol–water partition coefficient (Wildman–Crippen LogP) is 2.43. The number of rotatable bonds is 4. The maximum atomic E-state index is 10.8. The van der Waals surface area contributed by atoms with Gasteiger partial charge in [-0.2, -0.15) is 0 Å². The fourth-order valence-corrected chi connectivity index (χ4v) is 2.02. The molecule has 4 N–H and O–H groups in total. The number of carbonyl (C=O) groups is 1. The van der Waals surface area contributed by atoms with Gasteiger partial charge in [-0.25, -0.2) is 4.79 Å². The van der Waals surface area contributed by atoms with Gasteiger partial charge in [0.1, 0.15) is 11.3 Å². The van der Waals surface area contributed by atoms with Crippen molar-refractivity contribution in [2.75, 3.05) is 0 Å². The highest BCUT2D eigenvalue weighted by Crippen LogP contribution is 2.35. The monoisotopic (exact) mass is 285 g/mol. The molecule has 1 aromatic carbocycles. The van der Waals surface area contributed by atoms with Gasteiger partial charge in [0.2, 0.25) is 0 Å². The van der Waals surface area contributed by atoms with E-state index >= 15 is 0 Å². The maximum absolute atomic E-state index is 10.8. The molecule has 1 rings (SSSR count). The lowest BCUT2D eigenvalue weighted by Gasteiger charge is -2.15. The molecule has 0 aliphatic rings. The number of halogens is 1. The Balaban J connectivity index is 3.31.